The van der Waals surface area contributed by atoms with Crippen LogP contribution in [0, 0.1) is 5.92 Å². The molecule has 3 N–H and O–H groups in total. The van der Waals surface area contributed by atoms with Gasteiger partial charge >= 0.3 is 11.9 Å². The van der Waals surface area contributed by atoms with Gasteiger partial charge in [0, 0.05) is 12.7 Å². The number of thioether (sulfide) groups is 1. The van der Waals surface area contributed by atoms with Crippen LogP contribution in [0.5, 0.6) is 0 Å². The van der Waals surface area contributed by atoms with Gasteiger partial charge in [0.2, 0.25) is 5.91 Å². The molecule has 0 aliphatic carbocycles. The Hall–Kier alpha value is -1.28. The van der Waals surface area contributed by atoms with Gasteiger partial charge in [0.25, 0.3) is 0 Å². The van der Waals surface area contributed by atoms with Crippen LogP contribution in [0.25, 0.3) is 0 Å². The summed E-state index contributed by atoms with van der Waals surface area (Å²) in [5.41, 5.74) is -0.616. The maximum Gasteiger partial charge on any atom is 0.329 e. The van der Waals surface area contributed by atoms with E-state index in [-0.39, 0.29) is 17.2 Å². The summed E-state index contributed by atoms with van der Waals surface area (Å²) < 4.78 is 5.37. The molecule has 0 aromatic rings. The summed E-state index contributed by atoms with van der Waals surface area (Å²) in [7, 11) is 0. The highest BCUT2D eigenvalue weighted by molar-refractivity contribution is 8.00. The van der Waals surface area contributed by atoms with E-state index in [0.29, 0.717) is 18.6 Å². The number of aliphatic carboxylic acids is 1. The van der Waals surface area contributed by atoms with Crippen molar-refractivity contribution in [2.24, 2.45) is 5.92 Å². The van der Waals surface area contributed by atoms with Gasteiger partial charge in [-0.3, -0.25) is 14.9 Å². The highest BCUT2D eigenvalue weighted by Crippen LogP contribution is 2.26. The molecule has 1 aliphatic heterocycles. The zero-order valence-corrected chi connectivity index (χ0v) is 15.7. The lowest BCUT2D eigenvalue weighted by molar-refractivity contribution is -0.159. The van der Waals surface area contributed by atoms with Crippen LogP contribution < -0.4 is 10.6 Å². The molecule has 4 atom stereocenters. The summed E-state index contributed by atoms with van der Waals surface area (Å²) in [6.07, 6.45) is 1.16. The number of nitrogens with one attached hydrogen (secondary N) is 2. The van der Waals surface area contributed by atoms with Crippen molar-refractivity contribution in [2.45, 2.75) is 70.5 Å². The average Bonchev–Trinajstić information content (AvgIpc) is 2.83. The third-order valence-corrected chi connectivity index (χ3v) is 4.73. The Labute approximate surface area is 147 Å². The van der Waals surface area contributed by atoms with Gasteiger partial charge in [0.05, 0.1) is 5.37 Å². The second-order valence-electron chi connectivity index (χ2n) is 7.24. The first-order valence-electron chi connectivity index (χ1n) is 8.08. The van der Waals surface area contributed by atoms with E-state index in [0.717, 1.165) is 0 Å². The number of ether oxygens (including phenoxy) is 1. The highest BCUT2D eigenvalue weighted by Gasteiger charge is 2.32. The smallest absolute Gasteiger partial charge is 0.329 e. The molecule has 0 saturated carbocycles. The molecule has 0 spiro atoms. The lowest BCUT2D eigenvalue weighted by Gasteiger charge is -2.26. The molecule has 1 saturated heterocycles. The number of carboxylic acids is 1. The largest absolute Gasteiger partial charge is 0.480 e. The summed E-state index contributed by atoms with van der Waals surface area (Å²) in [6, 6.07) is -1.22. The van der Waals surface area contributed by atoms with Gasteiger partial charge in [-0.1, -0.05) is 6.92 Å². The SMILES string of the molecule is CC(=O)NC(C[C@@H](C)C[C@@H]1N[C@H](C(=O)O)CS1)C(=O)OC(C)(C)C. The van der Waals surface area contributed by atoms with Crippen molar-refractivity contribution in [2.75, 3.05) is 5.75 Å². The fourth-order valence-corrected chi connectivity index (χ4v) is 3.90. The van der Waals surface area contributed by atoms with E-state index in [1.807, 2.05) is 6.92 Å². The Morgan fingerprint density at radius 2 is 2.00 bits per heavy atom. The maximum atomic E-state index is 12.3. The van der Waals surface area contributed by atoms with E-state index >= 15 is 0 Å². The first-order chi connectivity index (χ1) is 11.0. The summed E-state index contributed by atoms with van der Waals surface area (Å²) >= 11 is 1.57. The quantitative estimate of drug-likeness (QED) is 0.589. The molecule has 0 bridgehead atoms. The van der Waals surface area contributed by atoms with Gasteiger partial charge in [-0.15, -0.1) is 11.8 Å². The lowest BCUT2D eigenvalue weighted by atomic mass is 9.97. The monoisotopic (exact) mass is 360 g/mol. The number of esters is 1. The van der Waals surface area contributed by atoms with Crippen LogP contribution in [-0.4, -0.2) is 51.8 Å². The van der Waals surface area contributed by atoms with E-state index in [9.17, 15) is 14.4 Å². The molecule has 24 heavy (non-hydrogen) atoms. The van der Waals surface area contributed by atoms with Crippen LogP contribution in [0.1, 0.15) is 47.5 Å². The zero-order chi connectivity index (χ0) is 18.5. The molecule has 1 unspecified atom stereocenters. The molecule has 7 nitrogen and oxygen atoms in total. The third-order valence-electron chi connectivity index (χ3n) is 3.47. The molecule has 1 fully saturated rings. The van der Waals surface area contributed by atoms with E-state index in [1.54, 1.807) is 32.5 Å². The Bertz CT molecular complexity index is 478. The standard InChI is InChI=1S/C16H28N2O5S/c1-9(7-13-18-12(8-24-13)14(20)21)6-11(17-10(2)19)15(22)23-16(3,4)5/h9,11-13,18H,6-8H2,1-5H3,(H,17,19)(H,20,21)/t9-,11?,12+,13-/m1/s1. The third kappa shape index (κ3) is 7.53. The first kappa shape index (κ1) is 20.8. The second-order valence-corrected chi connectivity index (χ2v) is 8.48. The molecule has 1 amide bonds. The average molecular weight is 360 g/mol. The lowest BCUT2D eigenvalue weighted by Crippen LogP contribution is -2.44. The van der Waals surface area contributed by atoms with E-state index in [2.05, 4.69) is 10.6 Å². The zero-order valence-electron chi connectivity index (χ0n) is 14.9. The van der Waals surface area contributed by atoms with Crippen LogP contribution in [-0.2, 0) is 19.1 Å². The van der Waals surface area contributed by atoms with Crippen molar-refractivity contribution in [3.8, 4) is 0 Å². The Morgan fingerprint density at radius 3 is 2.46 bits per heavy atom. The van der Waals surface area contributed by atoms with E-state index < -0.39 is 29.6 Å². The van der Waals surface area contributed by atoms with Gasteiger partial charge in [0.1, 0.15) is 17.7 Å². The first-order valence-corrected chi connectivity index (χ1v) is 9.13. The molecular weight excluding hydrogens is 332 g/mol. The molecule has 1 aliphatic rings. The summed E-state index contributed by atoms with van der Waals surface area (Å²) in [5, 5.41) is 14.8. The van der Waals surface area contributed by atoms with Crippen molar-refractivity contribution >= 4 is 29.6 Å². The minimum atomic E-state index is -0.845. The van der Waals surface area contributed by atoms with Gasteiger partial charge in [-0.05, 0) is 39.5 Å². The molecule has 0 aromatic carbocycles. The number of hydrogen-bond acceptors (Lipinski definition) is 6. The molecule has 138 valence electrons. The van der Waals surface area contributed by atoms with Crippen LogP contribution in [0.3, 0.4) is 0 Å². The molecule has 0 radical (unpaired) electrons. The Balaban J connectivity index is 2.57. The Kier molecular flexibility index (Phi) is 7.54. The van der Waals surface area contributed by atoms with Crippen molar-refractivity contribution in [3.63, 3.8) is 0 Å². The minimum Gasteiger partial charge on any atom is -0.480 e. The van der Waals surface area contributed by atoms with Gasteiger partial charge in [-0.25, -0.2) is 4.79 Å². The highest BCUT2D eigenvalue weighted by atomic mass is 32.2. The molecule has 0 aromatic heterocycles. The van der Waals surface area contributed by atoms with Crippen molar-refractivity contribution in [3.05, 3.63) is 0 Å². The molecular formula is C16H28N2O5S. The number of amides is 1. The second kappa shape index (κ2) is 8.71. The van der Waals surface area contributed by atoms with Gasteiger partial charge < -0.3 is 15.2 Å². The number of carbonyl (C=O) groups is 3. The maximum absolute atomic E-state index is 12.3. The fraction of sp³-hybridized carbons (Fsp3) is 0.812. The van der Waals surface area contributed by atoms with Gasteiger partial charge in [0.15, 0.2) is 0 Å². The summed E-state index contributed by atoms with van der Waals surface area (Å²) in [5.74, 6) is -0.916. The number of carbonyl (C=O) groups excluding carboxylic acids is 2. The predicted molar refractivity (Wildman–Crippen MR) is 92.7 cm³/mol. The summed E-state index contributed by atoms with van der Waals surface area (Å²) in [6.45, 7) is 8.70. The predicted octanol–water partition coefficient (Wildman–Crippen LogP) is 1.36. The van der Waals surface area contributed by atoms with Crippen molar-refractivity contribution in [1.29, 1.82) is 0 Å². The van der Waals surface area contributed by atoms with E-state index in [1.165, 1.54) is 6.92 Å². The topological polar surface area (TPSA) is 105 Å². The number of hydrogen-bond donors (Lipinski definition) is 3. The number of rotatable bonds is 7. The van der Waals surface area contributed by atoms with Crippen LogP contribution in [0.2, 0.25) is 0 Å². The van der Waals surface area contributed by atoms with Gasteiger partial charge in [-0.2, -0.15) is 0 Å². The van der Waals surface area contributed by atoms with Crippen LogP contribution in [0.15, 0.2) is 0 Å². The van der Waals surface area contributed by atoms with Crippen molar-refractivity contribution < 1.29 is 24.2 Å². The summed E-state index contributed by atoms with van der Waals surface area (Å²) in [4.78, 5) is 34.6. The fourth-order valence-electron chi connectivity index (χ4n) is 2.51. The van der Waals surface area contributed by atoms with Crippen molar-refractivity contribution in [1.82, 2.24) is 10.6 Å². The number of carboxylic acid groups (broad SMARTS) is 1. The Morgan fingerprint density at radius 1 is 1.38 bits per heavy atom. The molecule has 1 heterocycles. The van der Waals surface area contributed by atoms with Crippen LogP contribution >= 0.6 is 11.8 Å². The van der Waals surface area contributed by atoms with E-state index in [4.69, 9.17) is 9.84 Å². The molecule has 8 heteroatoms. The molecule has 1 rings (SSSR count). The normalized spacial score (nSPS) is 23.4. The van der Waals surface area contributed by atoms with Crippen LogP contribution in [0.4, 0.5) is 0 Å². The minimum absolute atomic E-state index is 0.0396.